The SMILES string of the molecule is C1=CCCOC=C1. The molecule has 0 N–H and O–H groups in total. The molecule has 0 radical (unpaired) electrons. The topological polar surface area (TPSA) is 9.23 Å². The highest BCUT2D eigenvalue weighted by Gasteiger charge is 1.80. The first-order chi connectivity index (χ1) is 3.50. The number of hydrogen-bond donors (Lipinski definition) is 0. The van der Waals surface area contributed by atoms with Crippen molar-refractivity contribution in [3.8, 4) is 0 Å². The minimum atomic E-state index is 0.826. The van der Waals surface area contributed by atoms with E-state index in [0.717, 1.165) is 13.0 Å². The third kappa shape index (κ3) is 1.44. The zero-order chi connectivity index (χ0) is 4.95. The van der Waals surface area contributed by atoms with Gasteiger partial charge in [-0.05, 0) is 12.5 Å². The van der Waals surface area contributed by atoms with Crippen LogP contribution in [0.3, 0.4) is 0 Å². The molecule has 0 aromatic heterocycles. The van der Waals surface area contributed by atoms with Crippen molar-refractivity contribution in [3.05, 3.63) is 24.5 Å². The van der Waals surface area contributed by atoms with E-state index < -0.39 is 0 Å². The van der Waals surface area contributed by atoms with Crippen molar-refractivity contribution in [3.63, 3.8) is 0 Å². The van der Waals surface area contributed by atoms with Crippen molar-refractivity contribution in [2.75, 3.05) is 6.61 Å². The van der Waals surface area contributed by atoms with Crippen molar-refractivity contribution in [1.82, 2.24) is 0 Å². The fourth-order valence-corrected chi connectivity index (χ4v) is 0.480. The molecule has 1 heterocycles. The zero-order valence-corrected chi connectivity index (χ0v) is 4.13. The van der Waals surface area contributed by atoms with Gasteiger partial charge in [0.2, 0.25) is 0 Å². The molecule has 1 aliphatic heterocycles. The summed E-state index contributed by atoms with van der Waals surface area (Å²) < 4.78 is 4.95. The molecule has 0 atom stereocenters. The molecule has 0 aromatic carbocycles. The summed E-state index contributed by atoms with van der Waals surface area (Å²) in [5.74, 6) is 0. The van der Waals surface area contributed by atoms with E-state index in [9.17, 15) is 0 Å². The molecule has 0 saturated heterocycles. The summed E-state index contributed by atoms with van der Waals surface area (Å²) in [4.78, 5) is 0. The monoisotopic (exact) mass is 96.1 g/mol. The molecule has 7 heavy (non-hydrogen) atoms. The average molecular weight is 96.1 g/mol. The van der Waals surface area contributed by atoms with Gasteiger partial charge in [0.1, 0.15) is 0 Å². The molecule has 38 valence electrons. The van der Waals surface area contributed by atoms with E-state index in [1.54, 1.807) is 6.26 Å². The van der Waals surface area contributed by atoms with Crippen molar-refractivity contribution >= 4 is 0 Å². The van der Waals surface area contributed by atoms with Crippen LogP contribution in [0.25, 0.3) is 0 Å². The Hall–Kier alpha value is -0.720. The summed E-state index contributed by atoms with van der Waals surface area (Å²) in [5, 5.41) is 0. The Balaban J connectivity index is 2.39. The van der Waals surface area contributed by atoms with Crippen molar-refractivity contribution in [1.29, 1.82) is 0 Å². The minimum absolute atomic E-state index is 0.826. The smallest absolute Gasteiger partial charge is 0.0907 e. The van der Waals surface area contributed by atoms with Crippen LogP contribution in [-0.2, 0) is 4.74 Å². The second-order valence-electron chi connectivity index (χ2n) is 1.42. The zero-order valence-electron chi connectivity index (χ0n) is 4.13. The fourth-order valence-electron chi connectivity index (χ4n) is 0.480. The summed E-state index contributed by atoms with van der Waals surface area (Å²) >= 11 is 0. The summed E-state index contributed by atoms with van der Waals surface area (Å²) in [7, 11) is 0. The second-order valence-corrected chi connectivity index (χ2v) is 1.42. The first-order valence-electron chi connectivity index (χ1n) is 2.43. The Kier molecular flexibility index (Phi) is 1.56. The van der Waals surface area contributed by atoms with Crippen molar-refractivity contribution in [2.45, 2.75) is 6.42 Å². The van der Waals surface area contributed by atoms with Crippen LogP contribution in [0.4, 0.5) is 0 Å². The van der Waals surface area contributed by atoms with Crippen LogP contribution in [0.5, 0.6) is 0 Å². The molecule has 1 nitrogen and oxygen atoms in total. The van der Waals surface area contributed by atoms with Gasteiger partial charge in [0.15, 0.2) is 0 Å². The minimum Gasteiger partial charge on any atom is -0.501 e. The highest BCUT2D eigenvalue weighted by atomic mass is 16.5. The van der Waals surface area contributed by atoms with Gasteiger partial charge in [0, 0.05) is 0 Å². The average Bonchev–Trinajstić information content (AvgIpc) is 1.90. The molecule has 0 unspecified atom stereocenters. The van der Waals surface area contributed by atoms with Gasteiger partial charge >= 0.3 is 0 Å². The van der Waals surface area contributed by atoms with Crippen LogP contribution >= 0.6 is 0 Å². The maximum absolute atomic E-state index is 4.95. The Labute approximate surface area is 43.3 Å². The first-order valence-corrected chi connectivity index (χ1v) is 2.43. The lowest BCUT2D eigenvalue weighted by Crippen LogP contribution is -1.79. The van der Waals surface area contributed by atoms with Crippen LogP contribution in [-0.4, -0.2) is 6.61 Å². The molecule has 0 bridgehead atoms. The highest BCUT2D eigenvalue weighted by molar-refractivity contribution is 5.01. The summed E-state index contributed by atoms with van der Waals surface area (Å²) in [6.45, 7) is 0.826. The summed E-state index contributed by atoms with van der Waals surface area (Å²) in [6, 6.07) is 0. The Morgan fingerprint density at radius 2 is 2.29 bits per heavy atom. The Bertz CT molecular complexity index is 80.4. The van der Waals surface area contributed by atoms with E-state index in [-0.39, 0.29) is 0 Å². The molecule has 0 amide bonds. The van der Waals surface area contributed by atoms with Crippen LogP contribution in [0.15, 0.2) is 24.5 Å². The van der Waals surface area contributed by atoms with Crippen molar-refractivity contribution in [2.24, 2.45) is 0 Å². The second kappa shape index (κ2) is 2.45. The van der Waals surface area contributed by atoms with Gasteiger partial charge in [0.25, 0.3) is 0 Å². The summed E-state index contributed by atoms with van der Waals surface area (Å²) in [5.41, 5.74) is 0. The molecule has 0 spiro atoms. The van der Waals surface area contributed by atoms with E-state index in [4.69, 9.17) is 4.74 Å². The lowest BCUT2D eigenvalue weighted by Gasteiger charge is -1.89. The molecule has 0 fully saturated rings. The Morgan fingerprint density at radius 1 is 1.29 bits per heavy atom. The maximum atomic E-state index is 4.95. The maximum Gasteiger partial charge on any atom is 0.0907 e. The summed E-state index contributed by atoms with van der Waals surface area (Å²) in [6.07, 6.45) is 8.72. The normalized spacial score (nSPS) is 18.3. The Morgan fingerprint density at radius 3 is 3.29 bits per heavy atom. The lowest BCUT2D eigenvalue weighted by molar-refractivity contribution is 0.258. The highest BCUT2D eigenvalue weighted by Crippen LogP contribution is 1.91. The van der Waals surface area contributed by atoms with Crippen LogP contribution < -0.4 is 0 Å². The van der Waals surface area contributed by atoms with Crippen LogP contribution in [0, 0.1) is 0 Å². The third-order valence-corrected chi connectivity index (χ3v) is 0.824. The molecular weight excluding hydrogens is 88.1 g/mol. The standard InChI is InChI=1S/C6H8O/c1-2-4-6-7-5-3-1/h1-3,5H,4,6H2. The first kappa shape index (κ1) is 4.44. The fraction of sp³-hybridized carbons (Fsp3) is 0.333. The van der Waals surface area contributed by atoms with Gasteiger partial charge in [-0.25, -0.2) is 0 Å². The van der Waals surface area contributed by atoms with Crippen LogP contribution in [0.2, 0.25) is 0 Å². The number of allylic oxidation sites excluding steroid dienone is 2. The molecular formula is C6H8O. The van der Waals surface area contributed by atoms with Gasteiger partial charge in [-0.1, -0.05) is 12.2 Å². The molecule has 0 saturated carbocycles. The van der Waals surface area contributed by atoms with Gasteiger partial charge in [-0.2, -0.15) is 0 Å². The van der Waals surface area contributed by atoms with E-state index in [2.05, 4.69) is 6.08 Å². The van der Waals surface area contributed by atoms with Gasteiger partial charge in [0.05, 0.1) is 12.9 Å². The quantitative estimate of drug-likeness (QED) is 0.443. The van der Waals surface area contributed by atoms with Crippen molar-refractivity contribution < 1.29 is 4.74 Å². The molecule has 1 aliphatic rings. The molecule has 0 aromatic rings. The molecule has 0 aliphatic carbocycles. The largest absolute Gasteiger partial charge is 0.501 e. The van der Waals surface area contributed by atoms with E-state index in [0.29, 0.717) is 0 Å². The molecule has 1 heteroatoms. The lowest BCUT2D eigenvalue weighted by atomic mass is 10.4. The van der Waals surface area contributed by atoms with E-state index >= 15 is 0 Å². The molecule has 1 rings (SSSR count). The van der Waals surface area contributed by atoms with Gasteiger partial charge in [-0.15, -0.1) is 0 Å². The number of rotatable bonds is 0. The van der Waals surface area contributed by atoms with Gasteiger partial charge in [-0.3, -0.25) is 0 Å². The van der Waals surface area contributed by atoms with E-state index in [1.807, 2.05) is 12.2 Å². The number of hydrogen-bond acceptors (Lipinski definition) is 1. The predicted octanol–water partition coefficient (Wildman–Crippen LogP) is 1.48. The third-order valence-electron chi connectivity index (χ3n) is 0.824. The predicted molar refractivity (Wildman–Crippen MR) is 28.8 cm³/mol. The van der Waals surface area contributed by atoms with E-state index in [1.165, 1.54) is 0 Å². The van der Waals surface area contributed by atoms with Crippen LogP contribution in [0.1, 0.15) is 6.42 Å². The number of ether oxygens (including phenoxy) is 1. The van der Waals surface area contributed by atoms with Gasteiger partial charge < -0.3 is 4.74 Å².